The third-order valence-corrected chi connectivity index (χ3v) is 7.52. The summed E-state index contributed by atoms with van der Waals surface area (Å²) in [6.07, 6.45) is 1.44. The number of aliphatic hydroxyl groups is 1. The summed E-state index contributed by atoms with van der Waals surface area (Å²) in [4.78, 5) is 4.55. The zero-order valence-electron chi connectivity index (χ0n) is 19.9. The largest absolute Gasteiger partial charge is 0.516 e. The molecule has 10 heteroatoms. The number of aliphatic hydroxyl groups excluding tert-OH is 1. The van der Waals surface area contributed by atoms with Gasteiger partial charge in [0.15, 0.2) is 0 Å². The molecule has 2 atom stereocenters. The summed E-state index contributed by atoms with van der Waals surface area (Å²) in [5.41, 5.74) is -1.59. The molecule has 0 aliphatic carbocycles. The van der Waals surface area contributed by atoms with E-state index < -0.39 is 21.6 Å². The van der Waals surface area contributed by atoms with Gasteiger partial charge in [0.05, 0.1) is 18.4 Å². The van der Waals surface area contributed by atoms with Crippen molar-refractivity contribution in [3.05, 3.63) is 102 Å². The van der Waals surface area contributed by atoms with Gasteiger partial charge < -0.3 is 9.84 Å². The van der Waals surface area contributed by atoms with E-state index in [1.165, 1.54) is 18.2 Å². The van der Waals surface area contributed by atoms with Crippen LogP contribution in [0.3, 0.4) is 0 Å². The first-order chi connectivity index (χ1) is 18.1. The fourth-order valence-electron chi connectivity index (χ4n) is 4.43. The quantitative estimate of drug-likeness (QED) is 0.315. The minimum absolute atomic E-state index is 0.210. The molecule has 2 N–H and O–H groups in total. The number of para-hydroxylation sites is 1. The van der Waals surface area contributed by atoms with Gasteiger partial charge in [0, 0.05) is 34.5 Å². The third kappa shape index (κ3) is 5.23. The van der Waals surface area contributed by atoms with Gasteiger partial charge in [-0.15, -0.1) is 0 Å². The molecular weight excluding hydrogens is 517 g/mol. The zero-order chi connectivity index (χ0) is 26.9. The standard InChI is InChI=1S/C28H23F3N2O4S/c29-28(30,31)38(35,36)33-25-9-5-4-8-23(25)19-11-13-24-26(15-19)37-17-21(27(24)34)14-22-12-10-20(16-32-22)18-6-2-1-3-7-18/h1-13,15-16,21,27,33-34H,14,17H2/t21-,27+/m1/s1. The van der Waals surface area contributed by atoms with Gasteiger partial charge in [0.25, 0.3) is 0 Å². The smallest absolute Gasteiger partial charge is 0.493 e. The highest BCUT2D eigenvalue weighted by molar-refractivity contribution is 7.93. The molecule has 4 aromatic rings. The van der Waals surface area contributed by atoms with E-state index in [1.807, 2.05) is 42.5 Å². The van der Waals surface area contributed by atoms with Gasteiger partial charge >= 0.3 is 15.5 Å². The number of hydrogen-bond donors (Lipinski definition) is 2. The van der Waals surface area contributed by atoms with Crippen LogP contribution in [0.15, 0.2) is 91.1 Å². The Morgan fingerprint density at radius 3 is 2.34 bits per heavy atom. The zero-order valence-corrected chi connectivity index (χ0v) is 20.7. The van der Waals surface area contributed by atoms with Crippen molar-refractivity contribution in [2.75, 3.05) is 11.3 Å². The van der Waals surface area contributed by atoms with E-state index in [-0.39, 0.29) is 23.8 Å². The van der Waals surface area contributed by atoms with Gasteiger partial charge in [-0.2, -0.15) is 21.6 Å². The molecular formula is C28H23F3N2O4S. The van der Waals surface area contributed by atoms with Gasteiger partial charge in [0.1, 0.15) is 5.75 Å². The Morgan fingerprint density at radius 2 is 1.63 bits per heavy atom. The van der Waals surface area contributed by atoms with E-state index in [0.29, 0.717) is 23.3 Å². The van der Waals surface area contributed by atoms with Crippen molar-refractivity contribution >= 4 is 15.7 Å². The van der Waals surface area contributed by atoms with Gasteiger partial charge in [-0.1, -0.05) is 66.7 Å². The lowest BCUT2D eigenvalue weighted by Gasteiger charge is -2.30. The van der Waals surface area contributed by atoms with E-state index in [4.69, 9.17) is 4.74 Å². The van der Waals surface area contributed by atoms with Gasteiger partial charge in [-0.25, -0.2) is 0 Å². The first-order valence-electron chi connectivity index (χ1n) is 11.8. The number of anilines is 1. The maximum atomic E-state index is 12.9. The molecule has 3 aromatic carbocycles. The normalized spacial score (nSPS) is 17.4. The van der Waals surface area contributed by atoms with Gasteiger partial charge in [-0.3, -0.25) is 9.71 Å². The number of nitrogens with zero attached hydrogens (tertiary/aromatic N) is 1. The summed E-state index contributed by atoms with van der Waals surface area (Å²) in [5, 5.41) is 11.0. The molecule has 0 unspecified atom stereocenters. The number of benzene rings is 3. The maximum Gasteiger partial charge on any atom is 0.516 e. The molecule has 0 radical (unpaired) electrons. The molecule has 0 bridgehead atoms. The van der Waals surface area contributed by atoms with E-state index in [9.17, 15) is 26.7 Å². The maximum absolute atomic E-state index is 12.9. The summed E-state index contributed by atoms with van der Waals surface area (Å²) < 4.78 is 69.6. The molecule has 196 valence electrons. The molecule has 5 rings (SSSR count). The first-order valence-corrected chi connectivity index (χ1v) is 13.2. The number of hydrogen-bond acceptors (Lipinski definition) is 5. The van der Waals surface area contributed by atoms with Crippen LogP contribution in [-0.4, -0.2) is 30.6 Å². The summed E-state index contributed by atoms with van der Waals surface area (Å²) in [6, 6.07) is 24.4. The molecule has 38 heavy (non-hydrogen) atoms. The second-order valence-corrected chi connectivity index (χ2v) is 10.6. The summed E-state index contributed by atoms with van der Waals surface area (Å²) in [7, 11) is -5.59. The monoisotopic (exact) mass is 540 g/mol. The number of alkyl halides is 3. The molecule has 0 spiro atoms. The molecule has 0 fully saturated rings. The Kier molecular flexibility index (Phi) is 6.85. The van der Waals surface area contributed by atoms with E-state index >= 15 is 0 Å². The topological polar surface area (TPSA) is 88.5 Å². The van der Waals surface area contributed by atoms with Crippen molar-refractivity contribution in [3.8, 4) is 28.0 Å². The predicted octanol–water partition coefficient (Wildman–Crippen LogP) is 5.96. The van der Waals surface area contributed by atoms with Crippen molar-refractivity contribution in [2.24, 2.45) is 5.92 Å². The fraction of sp³-hybridized carbons (Fsp3) is 0.179. The number of nitrogens with one attached hydrogen (secondary N) is 1. The second-order valence-electron chi connectivity index (χ2n) is 8.97. The number of rotatable bonds is 6. The predicted molar refractivity (Wildman–Crippen MR) is 138 cm³/mol. The Balaban J connectivity index is 1.34. The van der Waals surface area contributed by atoms with E-state index in [2.05, 4.69) is 4.98 Å². The van der Waals surface area contributed by atoms with Crippen molar-refractivity contribution in [2.45, 2.75) is 18.0 Å². The summed E-state index contributed by atoms with van der Waals surface area (Å²) in [5.74, 6) is 0.126. The SMILES string of the molecule is O=S(=O)(Nc1ccccc1-c1ccc2c(c1)OC[C@@H](Cc1ccc(-c3ccccc3)cn1)[C@@H]2O)C(F)(F)F. The first kappa shape index (κ1) is 25.7. The number of aromatic nitrogens is 1. The molecule has 0 amide bonds. The molecule has 6 nitrogen and oxygen atoms in total. The van der Waals surface area contributed by atoms with Crippen molar-refractivity contribution in [1.29, 1.82) is 0 Å². The van der Waals surface area contributed by atoms with Crippen LogP contribution in [0.25, 0.3) is 22.3 Å². The number of halogens is 3. The second kappa shape index (κ2) is 10.1. The van der Waals surface area contributed by atoms with Crippen LogP contribution in [0.5, 0.6) is 5.75 Å². The minimum atomic E-state index is -5.59. The number of fused-ring (bicyclic) bond motifs is 1. The third-order valence-electron chi connectivity index (χ3n) is 6.42. The highest BCUT2D eigenvalue weighted by Gasteiger charge is 2.46. The van der Waals surface area contributed by atoms with Gasteiger partial charge in [-0.05, 0) is 35.7 Å². The van der Waals surface area contributed by atoms with E-state index in [0.717, 1.165) is 16.8 Å². The summed E-state index contributed by atoms with van der Waals surface area (Å²) in [6.45, 7) is 0.210. The lowest BCUT2D eigenvalue weighted by Crippen LogP contribution is -2.30. The molecule has 0 saturated carbocycles. The Bertz CT molecular complexity index is 1540. The lowest BCUT2D eigenvalue weighted by molar-refractivity contribution is -0.0429. The molecule has 2 heterocycles. The molecule has 0 saturated heterocycles. The van der Waals surface area contributed by atoms with Gasteiger partial charge in [0.2, 0.25) is 0 Å². The highest BCUT2D eigenvalue weighted by Crippen LogP contribution is 2.41. The van der Waals surface area contributed by atoms with Crippen LogP contribution in [-0.2, 0) is 16.4 Å². The number of pyridine rings is 1. The average molecular weight is 541 g/mol. The van der Waals surface area contributed by atoms with Crippen LogP contribution in [0.1, 0.15) is 17.4 Å². The minimum Gasteiger partial charge on any atom is -0.493 e. The van der Waals surface area contributed by atoms with Crippen molar-refractivity contribution < 1.29 is 31.4 Å². The number of ether oxygens (including phenoxy) is 1. The molecule has 1 aliphatic rings. The van der Waals surface area contributed by atoms with Crippen LogP contribution < -0.4 is 9.46 Å². The average Bonchev–Trinajstić information content (AvgIpc) is 2.90. The Morgan fingerprint density at radius 1 is 0.921 bits per heavy atom. The van der Waals surface area contributed by atoms with Crippen molar-refractivity contribution in [1.82, 2.24) is 4.98 Å². The van der Waals surface area contributed by atoms with Crippen LogP contribution in [0.2, 0.25) is 0 Å². The fourth-order valence-corrected chi connectivity index (χ4v) is 5.01. The number of sulfonamides is 1. The Hall–Kier alpha value is -3.89. The van der Waals surface area contributed by atoms with E-state index in [1.54, 1.807) is 35.2 Å². The van der Waals surface area contributed by atoms with Crippen molar-refractivity contribution in [3.63, 3.8) is 0 Å². The summed E-state index contributed by atoms with van der Waals surface area (Å²) >= 11 is 0. The Labute approximate surface area is 217 Å². The molecule has 1 aliphatic heterocycles. The highest BCUT2D eigenvalue weighted by atomic mass is 32.2. The lowest BCUT2D eigenvalue weighted by atomic mass is 9.88. The van der Waals surface area contributed by atoms with Crippen LogP contribution in [0, 0.1) is 5.92 Å². The van der Waals surface area contributed by atoms with Crippen LogP contribution >= 0.6 is 0 Å². The molecule has 1 aromatic heterocycles. The van der Waals surface area contributed by atoms with Crippen LogP contribution in [0.4, 0.5) is 18.9 Å².